The molecule has 0 fully saturated rings. The number of nitrogens with two attached hydrogens (primary N) is 2. The SMILES string of the molecule is Brc1cc2nccnc2cc1Br.Nc1cc(Br)c(Br)cc1N. The molecule has 0 saturated carbocycles. The monoisotopic (exact) mass is 550 g/mol. The van der Waals surface area contributed by atoms with E-state index >= 15 is 0 Å². The van der Waals surface area contributed by atoms with E-state index in [0.29, 0.717) is 11.4 Å². The van der Waals surface area contributed by atoms with E-state index < -0.39 is 0 Å². The van der Waals surface area contributed by atoms with Gasteiger partial charge in [-0.2, -0.15) is 0 Å². The highest BCUT2D eigenvalue weighted by atomic mass is 79.9. The zero-order valence-electron chi connectivity index (χ0n) is 11.0. The minimum atomic E-state index is 0.593. The van der Waals surface area contributed by atoms with Gasteiger partial charge in [0.2, 0.25) is 0 Å². The van der Waals surface area contributed by atoms with E-state index in [2.05, 4.69) is 73.7 Å². The number of aromatic nitrogens is 2. The van der Waals surface area contributed by atoms with Crippen molar-refractivity contribution in [3.05, 3.63) is 54.6 Å². The number of nitrogens with zero attached hydrogens (tertiary/aromatic N) is 2. The molecule has 8 heteroatoms. The second kappa shape index (κ2) is 7.72. The summed E-state index contributed by atoms with van der Waals surface area (Å²) >= 11 is 13.4. The summed E-state index contributed by atoms with van der Waals surface area (Å²) in [5, 5.41) is 0. The topological polar surface area (TPSA) is 77.8 Å². The van der Waals surface area contributed by atoms with Gasteiger partial charge in [-0.1, -0.05) is 0 Å². The largest absolute Gasteiger partial charge is 0.397 e. The average Bonchev–Trinajstić information content (AvgIpc) is 2.47. The second-order valence-electron chi connectivity index (χ2n) is 4.21. The molecule has 0 unspecified atom stereocenters. The molecule has 0 radical (unpaired) electrons. The molecule has 0 atom stereocenters. The number of rotatable bonds is 0. The Bertz CT molecular complexity index is 733. The Morgan fingerprint density at radius 2 is 0.909 bits per heavy atom. The van der Waals surface area contributed by atoms with Crippen molar-refractivity contribution in [3.63, 3.8) is 0 Å². The molecule has 0 spiro atoms. The van der Waals surface area contributed by atoms with Gasteiger partial charge in [-0.3, -0.25) is 9.97 Å². The molecular weight excluding hydrogens is 544 g/mol. The molecule has 4 N–H and O–H groups in total. The summed E-state index contributed by atoms with van der Waals surface area (Å²) in [6, 6.07) is 7.40. The van der Waals surface area contributed by atoms with Gasteiger partial charge in [-0.15, -0.1) is 0 Å². The van der Waals surface area contributed by atoms with Gasteiger partial charge < -0.3 is 11.5 Å². The summed E-state index contributed by atoms with van der Waals surface area (Å²) < 4.78 is 3.82. The van der Waals surface area contributed by atoms with E-state index in [4.69, 9.17) is 11.5 Å². The number of anilines is 2. The highest BCUT2D eigenvalue weighted by molar-refractivity contribution is 9.13. The molecule has 3 rings (SSSR count). The van der Waals surface area contributed by atoms with Gasteiger partial charge in [0.05, 0.1) is 22.4 Å². The number of halogens is 4. The smallest absolute Gasteiger partial charge is 0.0898 e. The second-order valence-corrected chi connectivity index (χ2v) is 7.62. The Hall–Kier alpha value is -0.700. The molecule has 4 nitrogen and oxygen atoms in total. The quantitative estimate of drug-likeness (QED) is 0.359. The number of fused-ring (bicyclic) bond motifs is 1. The molecule has 2 aromatic carbocycles. The van der Waals surface area contributed by atoms with Crippen LogP contribution >= 0.6 is 63.7 Å². The molecule has 0 amide bonds. The van der Waals surface area contributed by atoms with Gasteiger partial charge in [0.1, 0.15) is 0 Å². The van der Waals surface area contributed by atoms with Gasteiger partial charge in [0.25, 0.3) is 0 Å². The molecule has 1 heterocycles. The maximum atomic E-state index is 5.51. The van der Waals surface area contributed by atoms with Crippen LogP contribution in [0.3, 0.4) is 0 Å². The molecule has 0 aliphatic carbocycles. The fourth-order valence-corrected chi connectivity index (χ4v) is 2.92. The summed E-state index contributed by atoms with van der Waals surface area (Å²) in [5.41, 5.74) is 14.0. The van der Waals surface area contributed by atoms with Gasteiger partial charge in [0.15, 0.2) is 0 Å². The molecule has 114 valence electrons. The lowest BCUT2D eigenvalue weighted by Crippen LogP contribution is -1.93. The van der Waals surface area contributed by atoms with Crippen molar-refractivity contribution in [2.24, 2.45) is 0 Å². The Balaban J connectivity index is 0.000000164. The molecule has 0 aliphatic rings. The summed E-state index contributed by atoms with van der Waals surface area (Å²) in [6.45, 7) is 0. The van der Waals surface area contributed by atoms with Crippen molar-refractivity contribution >= 4 is 86.1 Å². The van der Waals surface area contributed by atoms with Crippen LogP contribution < -0.4 is 11.5 Å². The van der Waals surface area contributed by atoms with Crippen LogP contribution in [-0.2, 0) is 0 Å². The fraction of sp³-hybridized carbons (Fsp3) is 0. The van der Waals surface area contributed by atoms with Crippen molar-refractivity contribution in [3.8, 4) is 0 Å². The average molecular weight is 554 g/mol. The van der Waals surface area contributed by atoms with Crippen LogP contribution in [0.25, 0.3) is 11.0 Å². The van der Waals surface area contributed by atoms with Gasteiger partial charge in [0, 0.05) is 30.3 Å². The van der Waals surface area contributed by atoms with E-state index in [9.17, 15) is 0 Å². The lowest BCUT2D eigenvalue weighted by atomic mass is 10.3. The normalized spacial score (nSPS) is 10.2. The molecule has 1 aromatic heterocycles. The van der Waals surface area contributed by atoms with E-state index in [1.807, 2.05) is 12.1 Å². The number of hydrogen-bond donors (Lipinski definition) is 2. The maximum Gasteiger partial charge on any atom is 0.0898 e. The zero-order chi connectivity index (χ0) is 16.3. The first-order valence-corrected chi connectivity index (χ1v) is 9.11. The van der Waals surface area contributed by atoms with E-state index in [-0.39, 0.29) is 0 Å². The molecule has 0 bridgehead atoms. The first-order valence-electron chi connectivity index (χ1n) is 5.94. The van der Waals surface area contributed by atoms with Crippen molar-refractivity contribution in [1.82, 2.24) is 9.97 Å². The van der Waals surface area contributed by atoms with Crippen LogP contribution in [0.15, 0.2) is 54.6 Å². The lowest BCUT2D eigenvalue weighted by molar-refractivity contribution is 1.29. The minimum Gasteiger partial charge on any atom is -0.397 e. The van der Waals surface area contributed by atoms with Crippen molar-refractivity contribution in [2.45, 2.75) is 0 Å². The molecule has 3 aromatic rings. The maximum absolute atomic E-state index is 5.51. The fourth-order valence-electron chi connectivity index (χ4n) is 1.54. The first-order chi connectivity index (χ1) is 10.4. The van der Waals surface area contributed by atoms with Crippen molar-refractivity contribution in [2.75, 3.05) is 11.5 Å². The van der Waals surface area contributed by atoms with E-state index in [1.54, 1.807) is 24.5 Å². The summed E-state index contributed by atoms with van der Waals surface area (Å²) in [6.07, 6.45) is 3.37. The Morgan fingerprint density at radius 1 is 0.591 bits per heavy atom. The molecular formula is C14H10Br4N4. The van der Waals surface area contributed by atoms with Crippen molar-refractivity contribution in [1.29, 1.82) is 0 Å². The minimum absolute atomic E-state index is 0.593. The highest BCUT2D eigenvalue weighted by Crippen LogP contribution is 2.29. The Labute approximate surface area is 161 Å². The van der Waals surface area contributed by atoms with Crippen LogP contribution in [0.1, 0.15) is 0 Å². The molecule has 0 aliphatic heterocycles. The van der Waals surface area contributed by atoms with E-state index in [0.717, 1.165) is 28.9 Å². The van der Waals surface area contributed by atoms with Crippen LogP contribution in [0.4, 0.5) is 11.4 Å². The van der Waals surface area contributed by atoms with Crippen LogP contribution in [0.5, 0.6) is 0 Å². The predicted octanol–water partition coefficient (Wildman–Crippen LogP) is 5.53. The highest BCUT2D eigenvalue weighted by Gasteiger charge is 2.00. The van der Waals surface area contributed by atoms with Gasteiger partial charge in [-0.05, 0) is 88.0 Å². The van der Waals surface area contributed by atoms with Crippen molar-refractivity contribution < 1.29 is 0 Å². The summed E-state index contributed by atoms with van der Waals surface area (Å²) in [5.74, 6) is 0. The summed E-state index contributed by atoms with van der Waals surface area (Å²) in [7, 11) is 0. The molecule has 22 heavy (non-hydrogen) atoms. The molecule has 0 saturated heterocycles. The predicted molar refractivity (Wildman–Crippen MR) is 106 cm³/mol. The van der Waals surface area contributed by atoms with Gasteiger partial charge in [-0.25, -0.2) is 0 Å². The lowest BCUT2D eigenvalue weighted by Gasteiger charge is -2.01. The third kappa shape index (κ3) is 4.41. The third-order valence-electron chi connectivity index (χ3n) is 2.64. The number of hydrogen-bond acceptors (Lipinski definition) is 4. The zero-order valence-corrected chi connectivity index (χ0v) is 17.4. The van der Waals surface area contributed by atoms with Gasteiger partial charge >= 0.3 is 0 Å². The van der Waals surface area contributed by atoms with E-state index in [1.165, 1.54) is 0 Å². The Kier molecular flexibility index (Phi) is 6.19. The van der Waals surface area contributed by atoms with Crippen LogP contribution in [0.2, 0.25) is 0 Å². The van der Waals surface area contributed by atoms with Crippen LogP contribution in [-0.4, -0.2) is 9.97 Å². The first kappa shape index (κ1) is 17.7. The summed E-state index contributed by atoms with van der Waals surface area (Å²) in [4.78, 5) is 8.34. The van der Waals surface area contributed by atoms with Crippen LogP contribution in [0, 0.1) is 0 Å². The third-order valence-corrected chi connectivity index (χ3v) is 6.33. The Morgan fingerprint density at radius 3 is 1.27 bits per heavy atom. The standard InChI is InChI=1S/C8H4Br2N2.C6H6Br2N2/c9-5-3-7-8(4-6(5)10)12-2-1-11-7;7-3-1-5(9)6(10)2-4(3)8/h1-4H;1-2H,9-10H2. The number of nitrogen functional groups attached to an aromatic ring is 2. The number of benzene rings is 2.